The van der Waals surface area contributed by atoms with E-state index < -0.39 is 48.4 Å². The van der Waals surface area contributed by atoms with E-state index in [0.717, 1.165) is 0 Å². The van der Waals surface area contributed by atoms with E-state index in [4.69, 9.17) is 28.0 Å². The van der Waals surface area contributed by atoms with Gasteiger partial charge in [-0.15, -0.1) is 0 Å². The molecular weight excluding hydrogens is 362 g/mol. The lowest BCUT2D eigenvalue weighted by molar-refractivity contribution is -0.142. The van der Waals surface area contributed by atoms with Crippen molar-refractivity contribution in [3.8, 4) is 0 Å². The fourth-order valence-electron chi connectivity index (χ4n) is 1.95. The quantitative estimate of drug-likeness (QED) is 0.0859. The summed E-state index contributed by atoms with van der Waals surface area (Å²) < 4.78 is 0. The predicted octanol–water partition coefficient (Wildman–Crippen LogP) is -4.32. The highest BCUT2D eigenvalue weighted by molar-refractivity contribution is 5.92. The second-order valence-corrected chi connectivity index (χ2v) is 5.70. The number of aliphatic hydroxyl groups is 1. The second-order valence-electron chi connectivity index (χ2n) is 5.70. The minimum Gasteiger partial charge on any atom is -0.480 e. The highest BCUT2D eigenvalue weighted by Gasteiger charge is 2.27. The van der Waals surface area contributed by atoms with Crippen LogP contribution < -0.4 is 33.6 Å². The number of aliphatic imine (C=N–C) groups is 1. The van der Waals surface area contributed by atoms with Crippen molar-refractivity contribution < 1.29 is 29.4 Å². The van der Waals surface area contributed by atoms with Gasteiger partial charge in [0.1, 0.15) is 18.1 Å². The lowest BCUT2D eigenvalue weighted by Crippen LogP contribution is -2.55. The van der Waals surface area contributed by atoms with Crippen molar-refractivity contribution in [1.29, 1.82) is 0 Å². The lowest BCUT2D eigenvalue weighted by atomic mass is 10.1. The van der Waals surface area contributed by atoms with Gasteiger partial charge >= 0.3 is 5.97 Å². The molecule has 13 heteroatoms. The van der Waals surface area contributed by atoms with E-state index in [9.17, 15) is 24.3 Å². The molecule has 13 nitrogen and oxygen atoms in total. The first-order chi connectivity index (χ1) is 12.6. The van der Waals surface area contributed by atoms with Crippen LogP contribution in [0.25, 0.3) is 0 Å². The van der Waals surface area contributed by atoms with Crippen molar-refractivity contribution in [3.05, 3.63) is 0 Å². The average molecular weight is 389 g/mol. The third-order valence-electron chi connectivity index (χ3n) is 3.41. The summed E-state index contributed by atoms with van der Waals surface area (Å²) in [5, 5.41) is 22.6. The monoisotopic (exact) mass is 389 g/mol. The number of nitrogens with one attached hydrogen (secondary N) is 2. The van der Waals surface area contributed by atoms with E-state index in [1.54, 1.807) is 0 Å². The van der Waals surface area contributed by atoms with E-state index in [-0.39, 0.29) is 38.2 Å². The number of hydrogen-bond donors (Lipinski definition) is 8. The molecule has 0 fully saturated rings. The Morgan fingerprint density at radius 1 is 0.963 bits per heavy atom. The zero-order chi connectivity index (χ0) is 21.0. The standard InChI is InChI=1S/C14H27N7O6/c15-7(6-22)11(24)20-8(3-4-10(16)23)12(25)21-9(13(26)27)2-1-5-19-14(17)18/h7-9,22H,1-6,15H2,(H2,16,23)(H,20,24)(H,21,25)(H,26,27)(H4,17,18,19). The SMILES string of the molecule is NC(=O)CCC(NC(=O)C(N)CO)C(=O)NC(CCCN=C(N)N)C(=O)O. The summed E-state index contributed by atoms with van der Waals surface area (Å²) in [4.78, 5) is 50.1. The van der Waals surface area contributed by atoms with Gasteiger partial charge in [0.25, 0.3) is 0 Å². The maximum Gasteiger partial charge on any atom is 0.326 e. The Morgan fingerprint density at radius 2 is 1.56 bits per heavy atom. The first-order valence-corrected chi connectivity index (χ1v) is 8.12. The Bertz CT molecular complexity index is 564. The molecule has 154 valence electrons. The highest BCUT2D eigenvalue weighted by Crippen LogP contribution is 2.03. The molecule has 0 bridgehead atoms. The molecule has 27 heavy (non-hydrogen) atoms. The molecule has 0 aliphatic heterocycles. The summed E-state index contributed by atoms with van der Waals surface area (Å²) in [6.45, 7) is -0.478. The lowest BCUT2D eigenvalue weighted by Gasteiger charge is -2.22. The molecule has 0 aromatic rings. The van der Waals surface area contributed by atoms with Crippen LogP contribution in [-0.2, 0) is 19.2 Å². The molecule has 0 saturated heterocycles. The molecule has 0 radical (unpaired) electrons. The number of nitrogens with zero attached hydrogens (tertiary/aromatic N) is 1. The van der Waals surface area contributed by atoms with Crippen LogP contribution >= 0.6 is 0 Å². The van der Waals surface area contributed by atoms with Gasteiger partial charge in [-0.1, -0.05) is 0 Å². The van der Waals surface area contributed by atoms with Crippen LogP contribution in [0.1, 0.15) is 25.7 Å². The molecule has 0 saturated carbocycles. The van der Waals surface area contributed by atoms with Crippen LogP contribution in [0.4, 0.5) is 0 Å². The number of aliphatic carboxylic acids is 1. The first kappa shape index (κ1) is 24.1. The summed E-state index contributed by atoms with van der Waals surface area (Å²) in [6, 6.07) is -3.78. The average Bonchev–Trinajstić information content (AvgIpc) is 2.59. The Balaban J connectivity index is 4.97. The molecular formula is C14H27N7O6. The van der Waals surface area contributed by atoms with Crippen LogP contribution in [0, 0.1) is 0 Å². The van der Waals surface area contributed by atoms with Gasteiger partial charge in [0.2, 0.25) is 17.7 Å². The van der Waals surface area contributed by atoms with Crippen LogP contribution in [0.5, 0.6) is 0 Å². The number of carbonyl (C=O) groups excluding carboxylic acids is 3. The van der Waals surface area contributed by atoms with Gasteiger partial charge in [-0.25, -0.2) is 4.79 Å². The smallest absolute Gasteiger partial charge is 0.326 e. The van der Waals surface area contributed by atoms with Crippen molar-refractivity contribution in [3.63, 3.8) is 0 Å². The number of carbonyl (C=O) groups is 4. The maximum atomic E-state index is 12.3. The molecule has 0 aliphatic carbocycles. The second kappa shape index (κ2) is 12.4. The zero-order valence-corrected chi connectivity index (χ0v) is 14.8. The van der Waals surface area contributed by atoms with Crippen molar-refractivity contribution in [1.82, 2.24) is 10.6 Å². The van der Waals surface area contributed by atoms with E-state index in [2.05, 4.69) is 15.6 Å². The number of hydrogen-bond acceptors (Lipinski definition) is 7. The van der Waals surface area contributed by atoms with Crippen molar-refractivity contribution in [2.45, 2.75) is 43.8 Å². The van der Waals surface area contributed by atoms with Gasteiger partial charge in [-0.05, 0) is 19.3 Å². The molecule has 0 aromatic carbocycles. The molecule has 0 heterocycles. The molecule has 0 spiro atoms. The Kier molecular flexibility index (Phi) is 11.1. The van der Waals surface area contributed by atoms with Gasteiger partial charge in [-0.2, -0.15) is 0 Å². The van der Waals surface area contributed by atoms with Gasteiger partial charge in [0, 0.05) is 13.0 Å². The van der Waals surface area contributed by atoms with E-state index >= 15 is 0 Å². The zero-order valence-electron chi connectivity index (χ0n) is 14.8. The third kappa shape index (κ3) is 10.6. The molecule has 0 aromatic heterocycles. The third-order valence-corrected chi connectivity index (χ3v) is 3.41. The Morgan fingerprint density at radius 3 is 2.04 bits per heavy atom. The number of rotatable bonds is 13. The topological polar surface area (TPSA) is 249 Å². The molecule has 0 aliphatic rings. The Labute approximate surface area is 155 Å². The number of nitrogens with two attached hydrogens (primary N) is 4. The minimum absolute atomic E-state index is 0.0322. The predicted molar refractivity (Wildman–Crippen MR) is 94.9 cm³/mol. The number of aliphatic hydroxyl groups excluding tert-OH is 1. The van der Waals surface area contributed by atoms with Crippen LogP contribution in [-0.4, -0.2) is 71.1 Å². The number of carboxylic acids is 1. The van der Waals surface area contributed by atoms with E-state index in [0.29, 0.717) is 0 Å². The van der Waals surface area contributed by atoms with Crippen molar-refractivity contribution in [2.75, 3.05) is 13.2 Å². The van der Waals surface area contributed by atoms with Crippen LogP contribution in [0.3, 0.4) is 0 Å². The Hall–Kier alpha value is -2.93. The van der Waals surface area contributed by atoms with Gasteiger partial charge in [0.15, 0.2) is 5.96 Å². The number of carboxylic acid groups (broad SMARTS) is 1. The van der Waals surface area contributed by atoms with Crippen molar-refractivity contribution in [2.24, 2.45) is 27.9 Å². The fourth-order valence-corrected chi connectivity index (χ4v) is 1.95. The molecule has 12 N–H and O–H groups in total. The molecule has 3 atom stereocenters. The van der Waals surface area contributed by atoms with Gasteiger partial charge < -0.3 is 43.8 Å². The number of primary amides is 1. The number of guanidine groups is 1. The fraction of sp³-hybridized carbons (Fsp3) is 0.643. The van der Waals surface area contributed by atoms with E-state index in [1.807, 2.05) is 0 Å². The molecule has 0 rings (SSSR count). The van der Waals surface area contributed by atoms with Crippen LogP contribution in [0.2, 0.25) is 0 Å². The summed E-state index contributed by atoms with van der Waals surface area (Å²) in [5.74, 6) is -3.80. The normalized spacial score (nSPS) is 13.7. The van der Waals surface area contributed by atoms with Gasteiger partial charge in [0.05, 0.1) is 6.61 Å². The number of amides is 3. The van der Waals surface area contributed by atoms with Gasteiger partial charge in [-0.3, -0.25) is 19.4 Å². The highest BCUT2D eigenvalue weighted by atomic mass is 16.4. The molecule has 3 unspecified atom stereocenters. The summed E-state index contributed by atoms with van der Waals surface area (Å²) in [5.41, 5.74) is 20.7. The summed E-state index contributed by atoms with van der Waals surface area (Å²) in [6.07, 6.45) is -0.0757. The first-order valence-electron chi connectivity index (χ1n) is 8.12. The van der Waals surface area contributed by atoms with Crippen LogP contribution in [0.15, 0.2) is 4.99 Å². The summed E-state index contributed by atoms with van der Waals surface area (Å²) >= 11 is 0. The van der Waals surface area contributed by atoms with E-state index in [1.165, 1.54) is 0 Å². The molecule has 3 amide bonds. The van der Waals surface area contributed by atoms with Crippen molar-refractivity contribution >= 4 is 29.7 Å². The summed E-state index contributed by atoms with van der Waals surface area (Å²) in [7, 11) is 0. The maximum absolute atomic E-state index is 12.3. The largest absolute Gasteiger partial charge is 0.480 e. The minimum atomic E-state index is -1.29.